The fraction of sp³-hybridized carbons (Fsp3) is 0.433. The van der Waals surface area contributed by atoms with Gasteiger partial charge in [0.2, 0.25) is 5.91 Å². The van der Waals surface area contributed by atoms with E-state index in [0.29, 0.717) is 46.8 Å². The van der Waals surface area contributed by atoms with E-state index in [2.05, 4.69) is 20.4 Å². The number of piperazine rings is 2. The SMILES string of the molecule is O=C(O)C(Cc1ccc(N2CCN(C3CCC(O)CC3)CC2=O)cc1)N1CCN(c2cc(Cl)ccc2-n2cnnn2)C(=O)C1=O. The fourth-order valence-electron chi connectivity index (χ4n) is 6.42. The van der Waals surface area contributed by atoms with Crippen molar-refractivity contribution in [3.63, 3.8) is 0 Å². The molecule has 0 bridgehead atoms. The summed E-state index contributed by atoms with van der Waals surface area (Å²) in [4.78, 5) is 58.3. The van der Waals surface area contributed by atoms with Crippen molar-refractivity contribution in [3.05, 3.63) is 59.4 Å². The maximum Gasteiger partial charge on any atom is 0.326 e. The standard InChI is InChI=1S/C30H33ClN8O6/c31-20-3-10-24(39-18-32-33-34-39)25(16-20)37-13-14-38(29(43)28(37)42)26(30(44)45)15-19-1-4-22(5-2-19)36-12-11-35(17-27(36)41)21-6-8-23(40)9-7-21/h1-5,10,16,18,21,23,26,40H,6-9,11-15,17H2,(H,44,45). The van der Waals surface area contributed by atoms with Gasteiger partial charge in [-0.2, -0.15) is 4.68 Å². The van der Waals surface area contributed by atoms with Gasteiger partial charge in [-0.25, -0.2) is 4.79 Å². The number of anilines is 2. The maximum absolute atomic E-state index is 13.3. The van der Waals surface area contributed by atoms with Crippen LogP contribution < -0.4 is 9.80 Å². The number of carbonyl (C=O) groups is 4. The predicted octanol–water partition coefficient (Wildman–Crippen LogP) is 1.14. The van der Waals surface area contributed by atoms with Gasteiger partial charge in [0.05, 0.1) is 24.0 Å². The Kier molecular flexibility index (Phi) is 8.79. The molecule has 1 saturated carbocycles. The lowest BCUT2D eigenvalue weighted by atomic mass is 9.91. The van der Waals surface area contributed by atoms with E-state index >= 15 is 0 Å². The summed E-state index contributed by atoms with van der Waals surface area (Å²) in [7, 11) is 0. The lowest BCUT2D eigenvalue weighted by Gasteiger charge is -2.41. The van der Waals surface area contributed by atoms with Crippen LogP contribution in [0.4, 0.5) is 11.4 Å². The summed E-state index contributed by atoms with van der Waals surface area (Å²) < 4.78 is 1.34. The first-order valence-corrected chi connectivity index (χ1v) is 15.3. The topological polar surface area (TPSA) is 165 Å². The van der Waals surface area contributed by atoms with Crippen LogP contribution in [0.25, 0.3) is 5.69 Å². The molecular formula is C30H33ClN8O6. The second-order valence-corrected chi connectivity index (χ2v) is 12.0. The van der Waals surface area contributed by atoms with E-state index in [1.54, 1.807) is 41.3 Å². The Morgan fingerprint density at radius 2 is 1.64 bits per heavy atom. The zero-order valence-corrected chi connectivity index (χ0v) is 25.2. The molecule has 3 fully saturated rings. The highest BCUT2D eigenvalue weighted by atomic mass is 35.5. The minimum Gasteiger partial charge on any atom is -0.480 e. The van der Waals surface area contributed by atoms with Crippen LogP contribution >= 0.6 is 11.6 Å². The zero-order valence-electron chi connectivity index (χ0n) is 24.4. The molecule has 14 nitrogen and oxygen atoms in total. The highest BCUT2D eigenvalue weighted by Crippen LogP contribution is 2.30. The van der Waals surface area contributed by atoms with Gasteiger partial charge in [-0.15, -0.1) is 5.10 Å². The highest BCUT2D eigenvalue weighted by Gasteiger charge is 2.41. The number of tetrazole rings is 1. The second-order valence-electron chi connectivity index (χ2n) is 11.5. The number of aliphatic carboxylic acids is 1. The number of aliphatic hydroxyl groups excluding tert-OH is 1. The summed E-state index contributed by atoms with van der Waals surface area (Å²) in [6, 6.07) is 10.9. The van der Waals surface area contributed by atoms with Gasteiger partial charge in [0, 0.05) is 49.4 Å². The number of hydrogen-bond acceptors (Lipinski definition) is 9. The first-order chi connectivity index (χ1) is 21.7. The molecule has 2 saturated heterocycles. The largest absolute Gasteiger partial charge is 0.480 e. The summed E-state index contributed by atoms with van der Waals surface area (Å²) in [5.41, 5.74) is 2.12. The van der Waals surface area contributed by atoms with Gasteiger partial charge < -0.3 is 24.9 Å². The number of hydrogen-bond donors (Lipinski definition) is 2. The van der Waals surface area contributed by atoms with Crippen LogP contribution in [0.3, 0.4) is 0 Å². The Morgan fingerprint density at radius 1 is 0.911 bits per heavy atom. The van der Waals surface area contributed by atoms with E-state index in [1.807, 2.05) is 0 Å². The molecule has 3 aliphatic rings. The average molecular weight is 637 g/mol. The minimum atomic E-state index is -1.27. The number of amides is 3. The van der Waals surface area contributed by atoms with Crippen LogP contribution in [-0.4, -0.2) is 115 Å². The van der Waals surface area contributed by atoms with Gasteiger partial charge in [-0.3, -0.25) is 19.3 Å². The normalized spacial score (nSPS) is 22.2. The van der Waals surface area contributed by atoms with Crippen molar-refractivity contribution in [3.8, 4) is 5.69 Å². The summed E-state index contributed by atoms with van der Waals surface area (Å²) in [5, 5.41) is 31.3. The van der Waals surface area contributed by atoms with Crippen molar-refractivity contribution in [2.24, 2.45) is 0 Å². The first kappa shape index (κ1) is 30.6. The number of carboxylic acids is 1. The smallest absolute Gasteiger partial charge is 0.326 e. The maximum atomic E-state index is 13.3. The molecule has 3 amide bonds. The molecule has 1 atom stereocenters. The number of aliphatic hydroxyl groups is 1. The fourth-order valence-corrected chi connectivity index (χ4v) is 6.59. The monoisotopic (exact) mass is 636 g/mol. The number of aromatic nitrogens is 4. The van der Waals surface area contributed by atoms with Crippen LogP contribution in [-0.2, 0) is 25.6 Å². The minimum absolute atomic E-state index is 0.00606. The third-order valence-electron chi connectivity index (χ3n) is 8.85. The molecule has 15 heteroatoms. The van der Waals surface area contributed by atoms with E-state index < -0.39 is 23.8 Å². The van der Waals surface area contributed by atoms with Gasteiger partial charge in [0.15, 0.2) is 0 Å². The van der Waals surface area contributed by atoms with E-state index in [0.717, 1.165) is 37.1 Å². The Hall–Kier alpha value is -4.40. The Bertz CT molecular complexity index is 1580. The number of halogens is 1. The molecule has 3 heterocycles. The van der Waals surface area contributed by atoms with E-state index in [1.165, 1.54) is 22.0 Å². The Balaban J connectivity index is 1.11. The molecule has 0 spiro atoms. The summed E-state index contributed by atoms with van der Waals surface area (Å²) in [6.45, 7) is 1.62. The molecule has 2 aliphatic heterocycles. The van der Waals surface area contributed by atoms with E-state index in [-0.39, 0.29) is 31.5 Å². The third kappa shape index (κ3) is 6.39. The van der Waals surface area contributed by atoms with Crippen molar-refractivity contribution in [1.29, 1.82) is 0 Å². The Morgan fingerprint density at radius 3 is 2.31 bits per heavy atom. The van der Waals surface area contributed by atoms with E-state index in [4.69, 9.17) is 11.6 Å². The number of benzene rings is 2. The summed E-state index contributed by atoms with van der Waals surface area (Å²) >= 11 is 6.20. The van der Waals surface area contributed by atoms with Gasteiger partial charge in [-0.05, 0) is 72.0 Å². The van der Waals surface area contributed by atoms with Gasteiger partial charge in [0.25, 0.3) is 0 Å². The second kappa shape index (κ2) is 12.9. The Labute approximate surface area is 263 Å². The van der Waals surface area contributed by atoms with Crippen LogP contribution in [0.2, 0.25) is 5.02 Å². The molecule has 0 radical (unpaired) electrons. The summed E-state index contributed by atoms with van der Waals surface area (Å²) in [5.74, 6) is -3.06. The van der Waals surface area contributed by atoms with Gasteiger partial charge in [-0.1, -0.05) is 23.7 Å². The number of carbonyl (C=O) groups excluding carboxylic acids is 3. The number of carboxylic acid groups (broad SMARTS) is 1. The third-order valence-corrected chi connectivity index (χ3v) is 9.08. The van der Waals surface area contributed by atoms with Gasteiger partial charge in [0.1, 0.15) is 12.4 Å². The molecule has 2 N–H and O–H groups in total. The highest BCUT2D eigenvalue weighted by molar-refractivity contribution is 6.41. The molecule has 1 aromatic heterocycles. The van der Waals surface area contributed by atoms with Crippen LogP contribution in [0.15, 0.2) is 48.8 Å². The molecule has 236 valence electrons. The van der Waals surface area contributed by atoms with Crippen LogP contribution in [0, 0.1) is 0 Å². The molecule has 45 heavy (non-hydrogen) atoms. The van der Waals surface area contributed by atoms with Crippen molar-refractivity contribution in [1.82, 2.24) is 30.0 Å². The predicted molar refractivity (Wildman–Crippen MR) is 162 cm³/mol. The van der Waals surface area contributed by atoms with Crippen molar-refractivity contribution in [2.45, 2.75) is 50.3 Å². The molecule has 1 aliphatic carbocycles. The molecular weight excluding hydrogens is 604 g/mol. The van der Waals surface area contributed by atoms with Crippen LogP contribution in [0.1, 0.15) is 31.2 Å². The molecule has 1 unspecified atom stereocenters. The van der Waals surface area contributed by atoms with Crippen LogP contribution in [0.5, 0.6) is 0 Å². The van der Waals surface area contributed by atoms with E-state index in [9.17, 15) is 29.4 Å². The lowest BCUT2D eigenvalue weighted by molar-refractivity contribution is -0.155. The molecule has 6 rings (SSSR count). The van der Waals surface area contributed by atoms with Crippen molar-refractivity contribution in [2.75, 3.05) is 42.5 Å². The van der Waals surface area contributed by atoms with Gasteiger partial charge >= 0.3 is 17.8 Å². The quantitative estimate of drug-likeness (QED) is 0.343. The number of rotatable bonds is 8. The lowest BCUT2D eigenvalue weighted by Crippen LogP contribution is -2.59. The zero-order chi connectivity index (χ0) is 31.7. The molecule has 2 aromatic carbocycles. The number of nitrogens with zero attached hydrogens (tertiary/aromatic N) is 8. The summed E-state index contributed by atoms with van der Waals surface area (Å²) in [6.07, 6.45) is 4.39. The van der Waals surface area contributed by atoms with Crippen molar-refractivity contribution < 1.29 is 29.4 Å². The molecule has 3 aromatic rings. The average Bonchev–Trinajstić information content (AvgIpc) is 3.57. The first-order valence-electron chi connectivity index (χ1n) is 14.9. The van der Waals surface area contributed by atoms with Crippen molar-refractivity contribution >= 4 is 46.7 Å².